The molecule has 0 saturated heterocycles. The van der Waals surface area contributed by atoms with Gasteiger partial charge in [0.2, 0.25) is 0 Å². The number of halogens is 1. The molecular weight excluding hydrogens is 223 g/mol. The van der Waals surface area contributed by atoms with Crippen molar-refractivity contribution in [2.45, 2.75) is 12.8 Å². The van der Waals surface area contributed by atoms with Crippen LogP contribution in [0.4, 0.5) is 4.39 Å². The molecule has 84 valence electrons. The van der Waals surface area contributed by atoms with Crippen LogP contribution in [0.3, 0.4) is 0 Å². The van der Waals surface area contributed by atoms with Crippen LogP contribution >= 0.6 is 11.3 Å². The Bertz CT molecular complexity index is 481. The third-order valence-corrected chi connectivity index (χ3v) is 3.73. The van der Waals surface area contributed by atoms with E-state index in [4.69, 9.17) is 5.73 Å². The molecule has 0 radical (unpaired) electrons. The molecule has 16 heavy (non-hydrogen) atoms. The maximum absolute atomic E-state index is 13.5. The van der Waals surface area contributed by atoms with Crippen LogP contribution in [0.1, 0.15) is 17.7 Å². The van der Waals surface area contributed by atoms with Crippen LogP contribution < -0.4 is 5.73 Å². The zero-order chi connectivity index (χ0) is 11.5. The van der Waals surface area contributed by atoms with Crippen LogP contribution in [0.15, 0.2) is 30.5 Å². The standard InChI is InChI=1S/C12H13FN2S/c1-8(6-14)11-7-15-12(16-11)9-4-2-3-5-10(9)13/h2-5,7-8H,6,14H2,1H3. The van der Waals surface area contributed by atoms with E-state index in [9.17, 15) is 4.39 Å². The van der Waals surface area contributed by atoms with Gasteiger partial charge in [-0.3, -0.25) is 0 Å². The maximum atomic E-state index is 13.5. The molecule has 1 aromatic heterocycles. The number of thiazole rings is 1. The lowest BCUT2D eigenvalue weighted by Crippen LogP contribution is -2.07. The molecule has 0 amide bonds. The summed E-state index contributed by atoms with van der Waals surface area (Å²) >= 11 is 1.50. The van der Waals surface area contributed by atoms with Gasteiger partial charge in [0, 0.05) is 22.6 Å². The molecule has 0 bridgehead atoms. The largest absolute Gasteiger partial charge is 0.330 e. The molecule has 0 fully saturated rings. The number of hydrogen-bond donors (Lipinski definition) is 1. The number of benzene rings is 1. The van der Waals surface area contributed by atoms with Crippen molar-refractivity contribution in [2.24, 2.45) is 5.73 Å². The summed E-state index contributed by atoms with van der Waals surface area (Å²) in [4.78, 5) is 5.34. The zero-order valence-electron chi connectivity index (χ0n) is 8.98. The first-order chi connectivity index (χ1) is 7.72. The molecule has 1 unspecified atom stereocenters. The van der Waals surface area contributed by atoms with E-state index < -0.39 is 0 Å². The second-order valence-electron chi connectivity index (χ2n) is 3.68. The Morgan fingerprint density at radius 2 is 2.19 bits per heavy atom. The van der Waals surface area contributed by atoms with Gasteiger partial charge in [0.1, 0.15) is 10.8 Å². The minimum Gasteiger partial charge on any atom is -0.330 e. The van der Waals surface area contributed by atoms with Crippen molar-refractivity contribution in [3.05, 3.63) is 41.2 Å². The highest BCUT2D eigenvalue weighted by Crippen LogP contribution is 2.30. The summed E-state index contributed by atoms with van der Waals surface area (Å²) in [6, 6.07) is 6.68. The Hall–Kier alpha value is -1.26. The molecule has 2 aromatic rings. The van der Waals surface area contributed by atoms with Crippen LogP contribution in [0, 0.1) is 5.82 Å². The molecule has 2 nitrogen and oxygen atoms in total. The van der Waals surface area contributed by atoms with Gasteiger partial charge in [-0.05, 0) is 18.7 Å². The Labute approximate surface area is 97.9 Å². The van der Waals surface area contributed by atoms with Crippen LogP contribution in [0.2, 0.25) is 0 Å². The topological polar surface area (TPSA) is 38.9 Å². The summed E-state index contributed by atoms with van der Waals surface area (Å²) in [7, 11) is 0. The molecule has 0 aliphatic rings. The van der Waals surface area contributed by atoms with Gasteiger partial charge >= 0.3 is 0 Å². The normalized spacial score (nSPS) is 12.7. The number of nitrogens with zero attached hydrogens (tertiary/aromatic N) is 1. The monoisotopic (exact) mass is 236 g/mol. The van der Waals surface area contributed by atoms with Crippen molar-refractivity contribution in [3.63, 3.8) is 0 Å². The second kappa shape index (κ2) is 4.72. The molecule has 1 aromatic carbocycles. The van der Waals surface area contributed by atoms with Crippen molar-refractivity contribution in [3.8, 4) is 10.6 Å². The molecule has 1 atom stereocenters. The smallest absolute Gasteiger partial charge is 0.133 e. The highest BCUT2D eigenvalue weighted by molar-refractivity contribution is 7.15. The fourth-order valence-electron chi connectivity index (χ4n) is 1.39. The van der Waals surface area contributed by atoms with E-state index in [0.717, 1.165) is 4.88 Å². The third-order valence-electron chi connectivity index (χ3n) is 2.47. The average molecular weight is 236 g/mol. The second-order valence-corrected chi connectivity index (χ2v) is 4.75. The molecule has 0 spiro atoms. The quantitative estimate of drug-likeness (QED) is 0.889. The van der Waals surface area contributed by atoms with Crippen molar-refractivity contribution >= 4 is 11.3 Å². The van der Waals surface area contributed by atoms with Crippen molar-refractivity contribution in [2.75, 3.05) is 6.54 Å². The Morgan fingerprint density at radius 1 is 1.44 bits per heavy atom. The molecular formula is C12H13FN2S. The molecule has 2 N–H and O–H groups in total. The molecule has 2 rings (SSSR count). The number of aromatic nitrogens is 1. The molecule has 1 heterocycles. The lowest BCUT2D eigenvalue weighted by molar-refractivity contribution is 0.631. The van der Waals surface area contributed by atoms with Gasteiger partial charge in [0.05, 0.1) is 0 Å². The van der Waals surface area contributed by atoms with Gasteiger partial charge in [0.15, 0.2) is 0 Å². The first-order valence-corrected chi connectivity index (χ1v) is 5.94. The van der Waals surface area contributed by atoms with Gasteiger partial charge < -0.3 is 5.73 Å². The van der Waals surface area contributed by atoms with Gasteiger partial charge in [-0.2, -0.15) is 0 Å². The molecule has 4 heteroatoms. The average Bonchev–Trinajstić information content (AvgIpc) is 2.78. The van der Waals surface area contributed by atoms with Crippen LogP contribution in [-0.2, 0) is 0 Å². The van der Waals surface area contributed by atoms with E-state index in [1.165, 1.54) is 17.4 Å². The lowest BCUT2D eigenvalue weighted by atomic mass is 10.2. The van der Waals surface area contributed by atoms with Gasteiger partial charge in [-0.15, -0.1) is 11.3 Å². The predicted molar refractivity (Wildman–Crippen MR) is 65.0 cm³/mol. The van der Waals surface area contributed by atoms with Gasteiger partial charge in [-0.1, -0.05) is 19.1 Å². The van der Waals surface area contributed by atoms with E-state index in [1.54, 1.807) is 18.3 Å². The molecule has 0 aliphatic heterocycles. The fraction of sp³-hybridized carbons (Fsp3) is 0.250. The minimum atomic E-state index is -0.233. The highest BCUT2D eigenvalue weighted by atomic mass is 32.1. The summed E-state index contributed by atoms with van der Waals surface area (Å²) in [5, 5.41) is 0.716. The molecule has 0 aliphatic carbocycles. The molecule has 0 saturated carbocycles. The van der Waals surface area contributed by atoms with Crippen LogP contribution in [0.5, 0.6) is 0 Å². The van der Waals surface area contributed by atoms with Crippen molar-refractivity contribution < 1.29 is 4.39 Å². The third kappa shape index (κ3) is 2.13. The summed E-state index contributed by atoms with van der Waals surface area (Å²) in [6.07, 6.45) is 1.78. The van der Waals surface area contributed by atoms with E-state index >= 15 is 0 Å². The van der Waals surface area contributed by atoms with Gasteiger partial charge in [0.25, 0.3) is 0 Å². The lowest BCUT2D eigenvalue weighted by Gasteiger charge is -2.02. The Kier molecular flexibility index (Phi) is 3.31. The first kappa shape index (κ1) is 11.2. The highest BCUT2D eigenvalue weighted by Gasteiger charge is 2.11. The zero-order valence-corrected chi connectivity index (χ0v) is 9.80. The summed E-state index contributed by atoms with van der Waals surface area (Å²) in [6.45, 7) is 2.62. The van der Waals surface area contributed by atoms with Gasteiger partial charge in [-0.25, -0.2) is 9.37 Å². The maximum Gasteiger partial charge on any atom is 0.133 e. The number of hydrogen-bond acceptors (Lipinski definition) is 3. The van der Waals surface area contributed by atoms with E-state index in [1.807, 2.05) is 13.0 Å². The van der Waals surface area contributed by atoms with E-state index in [0.29, 0.717) is 17.1 Å². The van der Waals surface area contributed by atoms with E-state index in [2.05, 4.69) is 4.98 Å². The van der Waals surface area contributed by atoms with Crippen molar-refractivity contribution in [1.29, 1.82) is 0 Å². The Balaban J connectivity index is 2.35. The summed E-state index contributed by atoms with van der Waals surface area (Å²) in [5.74, 6) is 0.0434. The number of rotatable bonds is 3. The SMILES string of the molecule is CC(CN)c1cnc(-c2ccccc2F)s1. The minimum absolute atomic E-state index is 0.233. The van der Waals surface area contributed by atoms with Crippen LogP contribution in [-0.4, -0.2) is 11.5 Å². The van der Waals surface area contributed by atoms with E-state index in [-0.39, 0.29) is 11.7 Å². The fourth-order valence-corrected chi connectivity index (χ4v) is 2.40. The van der Waals surface area contributed by atoms with Crippen molar-refractivity contribution in [1.82, 2.24) is 4.98 Å². The Morgan fingerprint density at radius 3 is 2.88 bits per heavy atom. The van der Waals surface area contributed by atoms with Crippen LogP contribution in [0.25, 0.3) is 10.6 Å². The summed E-state index contributed by atoms with van der Waals surface area (Å²) < 4.78 is 13.5. The summed E-state index contributed by atoms with van der Waals surface area (Å²) in [5.41, 5.74) is 6.15. The number of nitrogens with two attached hydrogens (primary N) is 1. The first-order valence-electron chi connectivity index (χ1n) is 5.13. The predicted octanol–water partition coefficient (Wildman–Crippen LogP) is 3.01.